The van der Waals surface area contributed by atoms with Crippen molar-refractivity contribution in [1.29, 1.82) is 5.26 Å². The van der Waals surface area contributed by atoms with Gasteiger partial charge in [0.05, 0.1) is 31.4 Å². The number of aromatic nitrogens is 3. The lowest BCUT2D eigenvalue weighted by atomic mass is 10.0. The van der Waals surface area contributed by atoms with Crippen LogP contribution < -0.4 is 32.0 Å². The molecule has 0 aliphatic carbocycles. The Labute approximate surface area is 272 Å². The van der Waals surface area contributed by atoms with Gasteiger partial charge >= 0.3 is 0 Å². The molecule has 3 aliphatic rings. The number of likely N-dealkylation sites (tertiary alicyclic amines) is 1. The van der Waals surface area contributed by atoms with E-state index in [0.717, 1.165) is 50.4 Å². The Balaban J connectivity index is 1.07. The van der Waals surface area contributed by atoms with E-state index < -0.39 is 18.2 Å². The van der Waals surface area contributed by atoms with Crippen molar-refractivity contribution in [2.75, 3.05) is 56.2 Å². The lowest BCUT2D eigenvalue weighted by Gasteiger charge is -2.47. The normalized spacial score (nSPS) is 22.3. The molecule has 0 spiro atoms. The Morgan fingerprint density at radius 1 is 1.15 bits per heavy atom. The van der Waals surface area contributed by atoms with E-state index in [0.29, 0.717) is 29.4 Å². The van der Waals surface area contributed by atoms with Crippen molar-refractivity contribution >= 4 is 23.2 Å². The van der Waals surface area contributed by atoms with Gasteiger partial charge in [0.25, 0.3) is 5.91 Å². The average Bonchev–Trinajstić information content (AvgIpc) is 3.07. The van der Waals surface area contributed by atoms with Crippen LogP contribution in [0.25, 0.3) is 11.4 Å². The summed E-state index contributed by atoms with van der Waals surface area (Å²) in [6, 6.07) is 16.2. The van der Waals surface area contributed by atoms with Gasteiger partial charge in [-0.05, 0) is 49.4 Å². The highest BCUT2D eigenvalue weighted by Crippen LogP contribution is 2.29. The number of rotatable bonds is 9. The maximum atomic E-state index is 15.1. The number of benzene rings is 2. The molecule has 3 unspecified atom stereocenters. The summed E-state index contributed by atoms with van der Waals surface area (Å²) in [6.45, 7) is 6.92. The molecule has 0 bridgehead atoms. The van der Waals surface area contributed by atoms with Crippen LogP contribution in [0.3, 0.4) is 0 Å². The van der Waals surface area contributed by atoms with E-state index in [1.165, 1.54) is 11.2 Å². The van der Waals surface area contributed by atoms with Crippen molar-refractivity contribution < 1.29 is 18.7 Å². The van der Waals surface area contributed by atoms with Crippen LogP contribution in [0, 0.1) is 11.3 Å². The standard InChI is InChI=1S/C32H38FN11O3/c1-20-15-42(10-11-44(20)25-17-46-18-25)24-5-3-23(4-6-24)39-32-38-19-37-30(40-32)21-2-7-28(22(12-21)13-34)47-29-8-9-43(16-26(29)33)31(45)27(14-35)41-36/h2-7,12,14,19-20,25-26,29,41H,8-11,15-18,35-36H2,1H3,(H,37,38,39,40)/b27-14-. The molecule has 1 amide bonds. The molecule has 3 saturated heterocycles. The molecule has 15 heteroatoms. The van der Waals surface area contributed by atoms with E-state index in [-0.39, 0.29) is 36.5 Å². The number of amides is 1. The molecule has 246 valence electrons. The third kappa shape index (κ3) is 7.04. The van der Waals surface area contributed by atoms with E-state index >= 15 is 4.39 Å². The summed E-state index contributed by atoms with van der Waals surface area (Å²) >= 11 is 0. The zero-order chi connectivity index (χ0) is 32.9. The van der Waals surface area contributed by atoms with Gasteiger partial charge in [-0.2, -0.15) is 10.2 Å². The molecule has 3 aromatic rings. The quantitative estimate of drug-likeness (QED) is 0.150. The second-order valence-corrected chi connectivity index (χ2v) is 11.8. The highest BCUT2D eigenvalue weighted by Gasteiger charge is 2.35. The van der Waals surface area contributed by atoms with E-state index in [1.54, 1.807) is 18.2 Å². The first-order valence-corrected chi connectivity index (χ1v) is 15.5. The van der Waals surface area contributed by atoms with Crippen molar-refractivity contribution in [2.24, 2.45) is 11.6 Å². The highest BCUT2D eigenvalue weighted by molar-refractivity contribution is 5.92. The fourth-order valence-corrected chi connectivity index (χ4v) is 6.12. The lowest BCUT2D eigenvalue weighted by molar-refractivity contribution is -0.131. The van der Waals surface area contributed by atoms with E-state index in [1.807, 2.05) is 12.1 Å². The molecule has 4 heterocycles. The van der Waals surface area contributed by atoms with Crippen molar-refractivity contribution in [3.05, 3.63) is 66.3 Å². The molecule has 3 atom stereocenters. The number of halogens is 1. The van der Waals surface area contributed by atoms with Gasteiger partial charge in [-0.1, -0.05) is 0 Å². The predicted octanol–water partition coefficient (Wildman–Crippen LogP) is 1.64. The predicted molar refractivity (Wildman–Crippen MR) is 173 cm³/mol. The summed E-state index contributed by atoms with van der Waals surface area (Å²) in [5.74, 6) is 5.76. The first-order chi connectivity index (χ1) is 22.9. The molecule has 6 rings (SSSR count). The monoisotopic (exact) mass is 643 g/mol. The van der Waals surface area contributed by atoms with Crippen LogP contribution in [-0.2, 0) is 9.53 Å². The number of nitrogens with one attached hydrogen (secondary N) is 2. The Kier molecular flexibility index (Phi) is 9.62. The van der Waals surface area contributed by atoms with Crippen molar-refractivity contribution in [1.82, 2.24) is 30.2 Å². The molecule has 6 N–H and O–H groups in total. The van der Waals surface area contributed by atoms with E-state index in [2.05, 4.69) is 60.6 Å². The first-order valence-electron chi connectivity index (χ1n) is 15.5. The van der Waals surface area contributed by atoms with Crippen LogP contribution >= 0.6 is 0 Å². The molecule has 47 heavy (non-hydrogen) atoms. The van der Waals surface area contributed by atoms with Crippen molar-refractivity contribution in [2.45, 2.75) is 37.7 Å². The molecular weight excluding hydrogens is 605 g/mol. The minimum Gasteiger partial charge on any atom is -0.486 e. The van der Waals surface area contributed by atoms with Gasteiger partial charge in [-0.25, -0.2) is 14.4 Å². The number of ether oxygens (including phenoxy) is 2. The molecule has 2 aromatic carbocycles. The van der Waals surface area contributed by atoms with Crippen LogP contribution in [0.2, 0.25) is 0 Å². The SMILES string of the molecule is CC1CN(c2ccc(Nc3ncnc(-c4ccc(OC5CCN(C(=O)/C(=C/N)NN)CC5F)c(C#N)c4)n3)cc2)CCN1C1COC1. The number of piperidine rings is 1. The summed E-state index contributed by atoms with van der Waals surface area (Å²) in [4.78, 5) is 31.8. The Hall–Kier alpha value is -5.04. The smallest absolute Gasteiger partial charge is 0.272 e. The number of alkyl halides is 1. The summed E-state index contributed by atoms with van der Waals surface area (Å²) in [5, 5.41) is 13.1. The largest absolute Gasteiger partial charge is 0.486 e. The summed E-state index contributed by atoms with van der Waals surface area (Å²) < 4.78 is 26.4. The number of hydrogen-bond donors (Lipinski definition) is 4. The third-order valence-electron chi connectivity index (χ3n) is 8.79. The molecule has 14 nitrogen and oxygen atoms in total. The molecular formula is C32H38FN11O3. The fraction of sp³-hybridized carbons (Fsp3) is 0.406. The zero-order valence-electron chi connectivity index (χ0n) is 26.1. The number of hydrazine groups is 1. The van der Waals surface area contributed by atoms with Gasteiger partial charge in [-0.3, -0.25) is 15.5 Å². The van der Waals surface area contributed by atoms with E-state index in [9.17, 15) is 10.1 Å². The number of anilines is 3. The second kappa shape index (κ2) is 14.2. The Morgan fingerprint density at radius 3 is 2.62 bits per heavy atom. The number of piperazine rings is 1. The number of hydrogen-bond acceptors (Lipinski definition) is 13. The summed E-state index contributed by atoms with van der Waals surface area (Å²) in [5.41, 5.74) is 10.4. The van der Waals surface area contributed by atoms with Gasteiger partial charge in [0.2, 0.25) is 5.95 Å². The van der Waals surface area contributed by atoms with Gasteiger partial charge in [0, 0.05) is 61.8 Å². The van der Waals surface area contributed by atoms with Crippen molar-refractivity contribution in [3.63, 3.8) is 0 Å². The Morgan fingerprint density at radius 2 is 1.96 bits per heavy atom. The van der Waals surface area contributed by atoms with Crippen LogP contribution in [0.4, 0.5) is 21.7 Å². The number of nitrogens with two attached hydrogens (primary N) is 2. The van der Waals surface area contributed by atoms with Crippen LogP contribution in [0.15, 0.2) is 60.7 Å². The zero-order valence-corrected chi connectivity index (χ0v) is 26.1. The van der Waals surface area contributed by atoms with Crippen LogP contribution in [-0.4, -0.2) is 101 Å². The summed E-state index contributed by atoms with van der Waals surface area (Å²) in [6.07, 6.45) is 0.332. The molecule has 0 saturated carbocycles. The third-order valence-corrected chi connectivity index (χ3v) is 8.79. The van der Waals surface area contributed by atoms with Gasteiger partial charge in [-0.15, -0.1) is 0 Å². The maximum absolute atomic E-state index is 15.1. The molecule has 3 aliphatic heterocycles. The number of carbonyl (C=O) groups is 1. The van der Waals surface area contributed by atoms with Crippen LogP contribution in [0.1, 0.15) is 18.9 Å². The second-order valence-electron chi connectivity index (χ2n) is 11.8. The van der Waals surface area contributed by atoms with Gasteiger partial charge in [0.15, 0.2) is 12.0 Å². The van der Waals surface area contributed by atoms with Gasteiger partial charge in [0.1, 0.15) is 29.9 Å². The number of nitrogens with zero attached hydrogens (tertiary/aromatic N) is 7. The summed E-state index contributed by atoms with van der Waals surface area (Å²) in [7, 11) is 0. The molecule has 0 radical (unpaired) electrons. The number of carbonyl (C=O) groups excluding carboxylic acids is 1. The maximum Gasteiger partial charge on any atom is 0.272 e. The van der Waals surface area contributed by atoms with Gasteiger partial charge < -0.3 is 35.7 Å². The topological polar surface area (TPSA) is 184 Å². The lowest BCUT2D eigenvalue weighted by Crippen LogP contribution is -2.60. The Bertz CT molecular complexity index is 1650. The number of nitriles is 1. The average molecular weight is 644 g/mol. The minimum atomic E-state index is -1.48. The van der Waals surface area contributed by atoms with Crippen molar-refractivity contribution in [3.8, 4) is 23.2 Å². The fourth-order valence-electron chi connectivity index (χ4n) is 6.12. The molecule has 1 aromatic heterocycles. The van der Waals surface area contributed by atoms with Crippen LogP contribution in [0.5, 0.6) is 5.75 Å². The molecule has 3 fully saturated rings. The van der Waals surface area contributed by atoms with E-state index in [4.69, 9.17) is 21.1 Å². The first kappa shape index (κ1) is 31.9. The highest BCUT2D eigenvalue weighted by atomic mass is 19.1. The minimum absolute atomic E-state index is 0.0247.